The predicted molar refractivity (Wildman–Crippen MR) is 58.9 cm³/mol. The third-order valence-corrected chi connectivity index (χ3v) is 2.14. The minimum atomic E-state index is -0.986. The minimum Gasteiger partial charge on any atom is -0.481 e. The fourth-order valence-electron chi connectivity index (χ4n) is 1.49. The van der Waals surface area contributed by atoms with Gasteiger partial charge < -0.3 is 16.2 Å². The number of carbonyl (C=O) groups is 2. The smallest absolute Gasteiger partial charge is 0.312 e. The maximum Gasteiger partial charge on any atom is 0.312 e. The molecule has 2 amide bonds. The number of nitrogens with one attached hydrogen (secondary N) is 1. The molecular formula is C11H14N2O3. The number of nitrogens with two attached hydrogens (primary N) is 1. The average molecular weight is 222 g/mol. The molecule has 1 rings (SSSR count). The van der Waals surface area contributed by atoms with Gasteiger partial charge in [0.25, 0.3) is 0 Å². The summed E-state index contributed by atoms with van der Waals surface area (Å²) in [7, 11) is 0. The van der Waals surface area contributed by atoms with Gasteiger partial charge >= 0.3 is 12.0 Å². The number of benzene rings is 1. The maximum atomic E-state index is 10.8. The zero-order chi connectivity index (χ0) is 12.1. The van der Waals surface area contributed by atoms with Crippen molar-refractivity contribution in [2.75, 3.05) is 0 Å². The second-order valence-electron chi connectivity index (χ2n) is 3.57. The van der Waals surface area contributed by atoms with Gasteiger partial charge in [0, 0.05) is 0 Å². The van der Waals surface area contributed by atoms with Gasteiger partial charge in [-0.25, -0.2) is 4.79 Å². The fraction of sp³-hybridized carbons (Fsp3) is 0.273. The molecule has 1 aromatic carbocycles. The van der Waals surface area contributed by atoms with E-state index in [4.69, 9.17) is 10.8 Å². The Morgan fingerprint density at radius 2 is 2.19 bits per heavy atom. The van der Waals surface area contributed by atoms with Crippen molar-refractivity contribution in [2.45, 2.75) is 19.4 Å². The van der Waals surface area contributed by atoms with Crippen molar-refractivity contribution in [3.05, 3.63) is 35.4 Å². The second kappa shape index (κ2) is 5.16. The van der Waals surface area contributed by atoms with Crippen LogP contribution in [0.25, 0.3) is 0 Å². The van der Waals surface area contributed by atoms with Crippen LogP contribution in [0.1, 0.15) is 23.6 Å². The first-order chi connectivity index (χ1) is 7.49. The van der Waals surface area contributed by atoms with Crippen LogP contribution in [-0.4, -0.2) is 17.1 Å². The normalized spacial score (nSPS) is 11.8. The lowest BCUT2D eigenvalue weighted by molar-refractivity contribution is -0.137. The van der Waals surface area contributed by atoms with Gasteiger partial charge in [-0.05, 0) is 12.5 Å². The molecule has 0 saturated carbocycles. The van der Waals surface area contributed by atoms with E-state index in [2.05, 4.69) is 5.32 Å². The summed E-state index contributed by atoms with van der Waals surface area (Å²) in [5, 5.41) is 11.1. The summed E-state index contributed by atoms with van der Waals surface area (Å²) in [4.78, 5) is 21.4. The van der Waals surface area contributed by atoms with E-state index in [1.165, 1.54) is 0 Å². The third kappa shape index (κ3) is 3.61. The Kier molecular flexibility index (Phi) is 3.88. The Balaban J connectivity index is 2.90. The molecule has 0 fully saturated rings. The fourth-order valence-corrected chi connectivity index (χ4v) is 1.49. The molecule has 0 bridgehead atoms. The summed E-state index contributed by atoms with van der Waals surface area (Å²) in [6.07, 6.45) is -0.188. The Labute approximate surface area is 93.3 Å². The number of urea groups is 1. The Morgan fingerprint density at radius 1 is 1.50 bits per heavy atom. The van der Waals surface area contributed by atoms with Gasteiger partial charge in [-0.1, -0.05) is 29.8 Å². The predicted octanol–water partition coefficient (Wildman–Crippen LogP) is 1.18. The molecule has 4 N–H and O–H groups in total. The summed E-state index contributed by atoms with van der Waals surface area (Å²) in [5.74, 6) is -0.986. The summed E-state index contributed by atoms with van der Waals surface area (Å²) in [6, 6.07) is 5.97. The Bertz CT molecular complexity index is 388. The first-order valence-corrected chi connectivity index (χ1v) is 4.83. The van der Waals surface area contributed by atoms with Crippen LogP contribution in [0.2, 0.25) is 0 Å². The number of aryl methyl sites for hydroxylation is 1. The monoisotopic (exact) mass is 222 g/mol. The topological polar surface area (TPSA) is 92.4 Å². The molecule has 0 heterocycles. The van der Waals surface area contributed by atoms with Crippen LogP contribution in [0.15, 0.2) is 24.3 Å². The van der Waals surface area contributed by atoms with E-state index >= 15 is 0 Å². The van der Waals surface area contributed by atoms with Gasteiger partial charge in [0.2, 0.25) is 0 Å². The highest BCUT2D eigenvalue weighted by molar-refractivity contribution is 5.74. The van der Waals surface area contributed by atoms with Crippen molar-refractivity contribution >= 4 is 12.0 Å². The number of primary amides is 1. The van der Waals surface area contributed by atoms with Crippen LogP contribution < -0.4 is 11.1 Å². The first kappa shape index (κ1) is 12.0. The number of hydrogen-bond acceptors (Lipinski definition) is 2. The zero-order valence-electron chi connectivity index (χ0n) is 8.93. The molecule has 16 heavy (non-hydrogen) atoms. The molecule has 0 aliphatic heterocycles. The van der Waals surface area contributed by atoms with Crippen LogP contribution in [0.4, 0.5) is 4.79 Å². The average Bonchev–Trinajstić information content (AvgIpc) is 2.15. The Morgan fingerprint density at radius 3 is 2.69 bits per heavy atom. The van der Waals surface area contributed by atoms with Gasteiger partial charge in [0.1, 0.15) is 0 Å². The minimum absolute atomic E-state index is 0.188. The van der Waals surface area contributed by atoms with E-state index in [1.54, 1.807) is 6.07 Å². The highest BCUT2D eigenvalue weighted by atomic mass is 16.4. The Hall–Kier alpha value is -2.04. The van der Waals surface area contributed by atoms with Crippen LogP contribution in [0.5, 0.6) is 0 Å². The summed E-state index contributed by atoms with van der Waals surface area (Å²) in [6.45, 7) is 1.89. The van der Waals surface area contributed by atoms with Gasteiger partial charge in [0.05, 0.1) is 12.5 Å². The number of rotatable bonds is 4. The highest BCUT2D eigenvalue weighted by Gasteiger charge is 2.16. The van der Waals surface area contributed by atoms with E-state index in [9.17, 15) is 9.59 Å². The molecular weight excluding hydrogens is 208 g/mol. The van der Waals surface area contributed by atoms with E-state index in [-0.39, 0.29) is 6.42 Å². The summed E-state index contributed by atoms with van der Waals surface area (Å²) >= 11 is 0. The lowest BCUT2D eigenvalue weighted by Gasteiger charge is -2.16. The van der Waals surface area contributed by atoms with E-state index in [0.29, 0.717) is 0 Å². The summed E-state index contributed by atoms with van der Waals surface area (Å²) in [5.41, 5.74) is 6.74. The van der Waals surface area contributed by atoms with Crippen LogP contribution in [-0.2, 0) is 4.79 Å². The highest BCUT2D eigenvalue weighted by Crippen LogP contribution is 2.17. The molecule has 1 unspecified atom stereocenters. The first-order valence-electron chi connectivity index (χ1n) is 4.83. The lowest BCUT2D eigenvalue weighted by Crippen LogP contribution is -2.34. The largest absolute Gasteiger partial charge is 0.481 e. The van der Waals surface area contributed by atoms with Crippen LogP contribution >= 0.6 is 0 Å². The molecule has 0 aliphatic carbocycles. The molecule has 0 saturated heterocycles. The molecule has 0 aromatic heterocycles. The molecule has 5 nitrogen and oxygen atoms in total. The number of carboxylic acids is 1. The van der Waals surface area contributed by atoms with Crippen molar-refractivity contribution in [2.24, 2.45) is 5.73 Å². The number of hydrogen-bond donors (Lipinski definition) is 3. The third-order valence-electron chi connectivity index (χ3n) is 2.14. The van der Waals surface area contributed by atoms with Crippen molar-refractivity contribution in [1.82, 2.24) is 5.32 Å². The van der Waals surface area contributed by atoms with Crippen molar-refractivity contribution < 1.29 is 14.7 Å². The van der Waals surface area contributed by atoms with Gasteiger partial charge in [-0.3, -0.25) is 4.79 Å². The van der Waals surface area contributed by atoms with Crippen molar-refractivity contribution in [1.29, 1.82) is 0 Å². The lowest BCUT2D eigenvalue weighted by atomic mass is 10.0. The van der Waals surface area contributed by atoms with E-state index < -0.39 is 18.0 Å². The molecule has 86 valence electrons. The molecule has 0 spiro atoms. The van der Waals surface area contributed by atoms with Crippen molar-refractivity contribution in [3.63, 3.8) is 0 Å². The van der Waals surface area contributed by atoms with E-state index in [0.717, 1.165) is 11.1 Å². The van der Waals surface area contributed by atoms with Gasteiger partial charge in [-0.2, -0.15) is 0 Å². The van der Waals surface area contributed by atoms with Gasteiger partial charge in [-0.15, -0.1) is 0 Å². The molecule has 1 aromatic rings. The molecule has 5 heteroatoms. The molecule has 1 atom stereocenters. The number of carboxylic acid groups (broad SMARTS) is 1. The molecule has 0 aliphatic rings. The SMILES string of the molecule is Cc1cccc(C(CC(=O)O)NC(N)=O)c1. The molecule has 0 radical (unpaired) electrons. The second-order valence-corrected chi connectivity index (χ2v) is 3.57. The quantitative estimate of drug-likeness (QED) is 0.714. The standard InChI is InChI=1S/C11H14N2O3/c1-7-3-2-4-8(5-7)9(6-10(14)15)13-11(12)16/h2-5,9H,6H2,1H3,(H,14,15)(H3,12,13,16). The number of aliphatic carboxylic acids is 1. The van der Waals surface area contributed by atoms with Crippen LogP contribution in [0, 0.1) is 6.92 Å². The zero-order valence-corrected chi connectivity index (χ0v) is 8.93. The van der Waals surface area contributed by atoms with Crippen LogP contribution in [0.3, 0.4) is 0 Å². The van der Waals surface area contributed by atoms with Crippen molar-refractivity contribution in [3.8, 4) is 0 Å². The number of amides is 2. The van der Waals surface area contributed by atoms with Gasteiger partial charge in [0.15, 0.2) is 0 Å². The number of carbonyl (C=O) groups excluding carboxylic acids is 1. The summed E-state index contributed by atoms with van der Waals surface area (Å²) < 4.78 is 0. The maximum absolute atomic E-state index is 10.8. The van der Waals surface area contributed by atoms with E-state index in [1.807, 2.05) is 25.1 Å².